The third-order valence-electron chi connectivity index (χ3n) is 1.66. The van der Waals surface area contributed by atoms with Gasteiger partial charge in [0.15, 0.2) is 0 Å². The third-order valence-corrected chi connectivity index (χ3v) is 1.66. The second kappa shape index (κ2) is 7.49. The van der Waals surface area contributed by atoms with Crippen molar-refractivity contribution >= 4 is 0 Å². The Bertz CT molecular complexity index is 89.1. The van der Waals surface area contributed by atoms with Gasteiger partial charge in [0.05, 0.1) is 25.4 Å². The summed E-state index contributed by atoms with van der Waals surface area (Å²) >= 11 is 0. The van der Waals surface area contributed by atoms with Crippen LogP contribution in [0, 0.1) is 0 Å². The average molecular weight is 176 g/mol. The first kappa shape index (κ1) is 11.8. The monoisotopic (exact) mass is 176 g/mol. The quantitative estimate of drug-likeness (QED) is 0.559. The highest BCUT2D eigenvalue weighted by atomic mass is 16.5. The SMILES string of the molecule is C[C@@H](OCCN)[C@@H](C)OCCN. The van der Waals surface area contributed by atoms with E-state index in [1.807, 2.05) is 13.8 Å². The molecule has 74 valence electrons. The van der Waals surface area contributed by atoms with E-state index in [9.17, 15) is 0 Å². The topological polar surface area (TPSA) is 70.5 Å². The molecule has 0 saturated carbocycles. The molecule has 0 saturated heterocycles. The molecule has 0 aromatic rings. The van der Waals surface area contributed by atoms with Crippen LogP contribution in [0.15, 0.2) is 0 Å². The van der Waals surface area contributed by atoms with E-state index in [-0.39, 0.29) is 12.2 Å². The Morgan fingerprint density at radius 2 is 1.25 bits per heavy atom. The summed E-state index contributed by atoms with van der Waals surface area (Å²) in [6, 6.07) is 0. The maximum atomic E-state index is 5.36. The van der Waals surface area contributed by atoms with Gasteiger partial charge >= 0.3 is 0 Å². The molecular formula is C8H20N2O2. The van der Waals surface area contributed by atoms with Crippen LogP contribution in [-0.4, -0.2) is 38.5 Å². The van der Waals surface area contributed by atoms with Gasteiger partial charge in [0.1, 0.15) is 0 Å². The highest BCUT2D eigenvalue weighted by molar-refractivity contribution is 4.60. The molecule has 0 rings (SSSR count). The van der Waals surface area contributed by atoms with E-state index in [0.717, 1.165) is 0 Å². The van der Waals surface area contributed by atoms with E-state index >= 15 is 0 Å². The van der Waals surface area contributed by atoms with Crippen molar-refractivity contribution in [2.75, 3.05) is 26.3 Å². The van der Waals surface area contributed by atoms with E-state index in [4.69, 9.17) is 20.9 Å². The maximum absolute atomic E-state index is 5.36. The molecule has 0 aliphatic rings. The maximum Gasteiger partial charge on any atom is 0.0806 e. The van der Waals surface area contributed by atoms with Gasteiger partial charge in [0, 0.05) is 13.1 Å². The van der Waals surface area contributed by atoms with Gasteiger partial charge in [-0.1, -0.05) is 0 Å². The summed E-state index contributed by atoms with van der Waals surface area (Å²) in [4.78, 5) is 0. The van der Waals surface area contributed by atoms with Crippen LogP contribution in [0.1, 0.15) is 13.8 Å². The van der Waals surface area contributed by atoms with E-state index in [2.05, 4.69) is 0 Å². The first-order chi connectivity index (χ1) is 5.72. The van der Waals surface area contributed by atoms with Crippen molar-refractivity contribution in [3.8, 4) is 0 Å². The smallest absolute Gasteiger partial charge is 0.0806 e. The van der Waals surface area contributed by atoms with E-state index in [0.29, 0.717) is 26.3 Å². The molecule has 0 heterocycles. The molecule has 0 aliphatic heterocycles. The van der Waals surface area contributed by atoms with E-state index < -0.39 is 0 Å². The van der Waals surface area contributed by atoms with Crippen LogP contribution in [0.2, 0.25) is 0 Å². The fraction of sp³-hybridized carbons (Fsp3) is 1.00. The fourth-order valence-electron chi connectivity index (χ4n) is 0.779. The van der Waals surface area contributed by atoms with Crippen molar-refractivity contribution in [1.82, 2.24) is 0 Å². The summed E-state index contributed by atoms with van der Waals surface area (Å²) in [5.41, 5.74) is 10.6. The Hall–Kier alpha value is -0.160. The summed E-state index contributed by atoms with van der Waals surface area (Å²) in [5.74, 6) is 0. The predicted octanol–water partition coefficient (Wildman–Crippen LogP) is -0.286. The highest BCUT2D eigenvalue weighted by Gasteiger charge is 2.11. The number of nitrogens with two attached hydrogens (primary N) is 2. The molecule has 4 nitrogen and oxygen atoms in total. The summed E-state index contributed by atoms with van der Waals surface area (Å²) in [6.45, 7) is 6.20. The molecule has 0 unspecified atom stereocenters. The fourth-order valence-corrected chi connectivity index (χ4v) is 0.779. The largest absolute Gasteiger partial charge is 0.375 e. The van der Waals surface area contributed by atoms with Gasteiger partial charge in [0.2, 0.25) is 0 Å². The normalized spacial score (nSPS) is 16.0. The minimum atomic E-state index is 0.0834. The molecule has 0 amide bonds. The minimum absolute atomic E-state index is 0.0834. The third kappa shape index (κ3) is 5.49. The van der Waals surface area contributed by atoms with Gasteiger partial charge in [-0.05, 0) is 13.8 Å². The first-order valence-electron chi connectivity index (χ1n) is 4.35. The average Bonchev–Trinajstić information content (AvgIpc) is 2.10. The molecule has 0 aromatic carbocycles. The molecule has 0 radical (unpaired) electrons. The number of rotatable bonds is 7. The van der Waals surface area contributed by atoms with Gasteiger partial charge in [-0.15, -0.1) is 0 Å². The van der Waals surface area contributed by atoms with Crippen LogP contribution in [0.3, 0.4) is 0 Å². The minimum Gasteiger partial charge on any atom is -0.375 e. The Labute approximate surface area is 74.2 Å². The number of ether oxygens (including phenoxy) is 2. The number of hydrogen-bond acceptors (Lipinski definition) is 4. The van der Waals surface area contributed by atoms with Crippen LogP contribution >= 0.6 is 0 Å². The summed E-state index contributed by atoms with van der Waals surface area (Å²) < 4.78 is 10.7. The van der Waals surface area contributed by atoms with Crippen molar-refractivity contribution in [2.45, 2.75) is 26.1 Å². The summed E-state index contributed by atoms with van der Waals surface area (Å²) in [5, 5.41) is 0. The Balaban J connectivity index is 3.39. The lowest BCUT2D eigenvalue weighted by molar-refractivity contribution is -0.0518. The molecule has 12 heavy (non-hydrogen) atoms. The van der Waals surface area contributed by atoms with Crippen molar-refractivity contribution in [1.29, 1.82) is 0 Å². The van der Waals surface area contributed by atoms with Gasteiger partial charge in [-0.2, -0.15) is 0 Å². The number of hydrogen-bond donors (Lipinski definition) is 2. The predicted molar refractivity (Wildman–Crippen MR) is 48.9 cm³/mol. The van der Waals surface area contributed by atoms with Crippen LogP contribution in [0.4, 0.5) is 0 Å². The Morgan fingerprint density at radius 1 is 0.917 bits per heavy atom. The summed E-state index contributed by atoms with van der Waals surface area (Å²) in [7, 11) is 0. The zero-order valence-electron chi connectivity index (χ0n) is 7.95. The lowest BCUT2D eigenvalue weighted by Crippen LogP contribution is -2.29. The van der Waals surface area contributed by atoms with Crippen LogP contribution in [0.5, 0.6) is 0 Å². The van der Waals surface area contributed by atoms with Crippen molar-refractivity contribution in [3.05, 3.63) is 0 Å². The van der Waals surface area contributed by atoms with Crippen LogP contribution in [0.25, 0.3) is 0 Å². The van der Waals surface area contributed by atoms with E-state index in [1.54, 1.807) is 0 Å². The molecular weight excluding hydrogens is 156 g/mol. The Morgan fingerprint density at radius 3 is 1.50 bits per heavy atom. The van der Waals surface area contributed by atoms with Crippen LogP contribution in [-0.2, 0) is 9.47 Å². The molecule has 2 atom stereocenters. The van der Waals surface area contributed by atoms with Crippen molar-refractivity contribution < 1.29 is 9.47 Å². The van der Waals surface area contributed by atoms with Gasteiger partial charge in [-0.3, -0.25) is 0 Å². The molecule has 4 heteroatoms. The lowest BCUT2D eigenvalue weighted by atomic mass is 10.2. The highest BCUT2D eigenvalue weighted by Crippen LogP contribution is 2.01. The second-order valence-electron chi connectivity index (χ2n) is 2.73. The van der Waals surface area contributed by atoms with E-state index in [1.165, 1.54) is 0 Å². The lowest BCUT2D eigenvalue weighted by Gasteiger charge is -2.20. The standard InChI is InChI=1S/C8H20N2O2/c1-7(11-5-3-9)8(2)12-6-4-10/h7-8H,3-6,9-10H2,1-2H3/t7-,8-/m1/s1. The van der Waals surface area contributed by atoms with Crippen molar-refractivity contribution in [3.63, 3.8) is 0 Å². The molecule has 0 aliphatic carbocycles. The Kier molecular flexibility index (Phi) is 7.39. The van der Waals surface area contributed by atoms with Gasteiger partial charge < -0.3 is 20.9 Å². The molecule has 0 spiro atoms. The van der Waals surface area contributed by atoms with Crippen LogP contribution < -0.4 is 11.5 Å². The first-order valence-corrected chi connectivity index (χ1v) is 4.35. The van der Waals surface area contributed by atoms with Crippen molar-refractivity contribution in [2.24, 2.45) is 11.5 Å². The molecule has 4 N–H and O–H groups in total. The second-order valence-corrected chi connectivity index (χ2v) is 2.73. The summed E-state index contributed by atoms with van der Waals surface area (Å²) in [6.07, 6.45) is 0.167. The molecule has 0 fully saturated rings. The molecule has 0 bridgehead atoms. The molecule has 0 aromatic heterocycles. The zero-order chi connectivity index (χ0) is 9.40. The van der Waals surface area contributed by atoms with Gasteiger partial charge in [0.25, 0.3) is 0 Å². The zero-order valence-corrected chi connectivity index (χ0v) is 7.95. The van der Waals surface area contributed by atoms with Gasteiger partial charge in [-0.25, -0.2) is 0 Å².